The number of aliphatic carboxylic acids is 2. The van der Waals surface area contributed by atoms with E-state index in [0.717, 1.165) is 6.42 Å². The lowest BCUT2D eigenvalue weighted by Crippen LogP contribution is -2.40. The van der Waals surface area contributed by atoms with Gasteiger partial charge in [-0.15, -0.1) is 11.3 Å². The maximum absolute atomic E-state index is 14.7. The van der Waals surface area contributed by atoms with Crippen molar-refractivity contribution in [2.75, 3.05) is 29.9 Å². The maximum Gasteiger partial charge on any atom is 0.422 e. The van der Waals surface area contributed by atoms with Crippen LogP contribution in [0, 0.1) is 5.92 Å². The molecule has 12 nitrogen and oxygen atoms in total. The Morgan fingerprint density at radius 3 is 2.40 bits per heavy atom. The molecule has 3 heterocycles. The van der Waals surface area contributed by atoms with Gasteiger partial charge in [0.05, 0.1) is 23.8 Å². The molecular formula is C31H29F3N6O6S. The first-order valence-corrected chi connectivity index (χ1v) is 14.9. The van der Waals surface area contributed by atoms with E-state index in [-0.39, 0.29) is 34.5 Å². The van der Waals surface area contributed by atoms with E-state index >= 15 is 0 Å². The van der Waals surface area contributed by atoms with E-state index in [1.807, 2.05) is 0 Å². The first-order valence-electron chi connectivity index (χ1n) is 14.1. The summed E-state index contributed by atoms with van der Waals surface area (Å²) in [5, 5.41) is 27.9. The Balaban J connectivity index is 0.000000555. The van der Waals surface area contributed by atoms with Crippen LogP contribution in [0.4, 0.5) is 24.5 Å². The van der Waals surface area contributed by atoms with E-state index in [1.54, 1.807) is 46.7 Å². The van der Waals surface area contributed by atoms with E-state index in [0.29, 0.717) is 48.8 Å². The number of aromatic nitrogens is 3. The van der Waals surface area contributed by atoms with Crippen molar-refractivity contribution in [2.45, 2.75) is 19.0 Å². The Morgan fingerprint density at radius 1 is 1.06 bits per heavy atom. The molecule has 16 heteroatoms. The molecule has 2 aromatic heterocycles. The lowest BCUT2D eigenvalue weighted by atomic mass is 9.96. The summed E-state index contributed by atoms with van der Waals surface area (Å²) in [4.78, 5) is 38.3. The van der Waals surface area contributed by atoms with Gasteiger partial charge < -0.3 is 30.9 Å². The van der Waals surface area contributed by atoms with Crippen molar-refractivity contribution in [3.05, 3.63) is 89.7 Å². The number of ether oxygens (including phenoxy) is 1. The highest BCUT2D eigenvalue weighted by Gasteiger charge is 2.41. The number of nitrogens with zero attached hydrogens (tertiary/aromatic N) is 4. The second kappa shape index (κ2) is 15.8. The Bertz CT molecular complexity index is 1700. The van der Waals surface area contributed by atoms with Gasteiger partial charge in [-0.25, -0.2) is 14.6 Å². The van der Waals surface area contributed by atoms with Crippen molar-refractivity contribution in [1.29, 1.82) is 0 Å². The molecule has 0 bridgehead atoms. The van der Waals surface area contributed by atoms with E-state index in [2.05, 4.69) is 20.5 Å². The molecule has 5 N–H and O–H groups in total. The topological polar surface area (TPSA) is 181 Å². The fourth-order valence-electron chi connectivity index (χ4n) is 4.69. The van der Waals surface area contributed by atoms with E-state index < -0.39 is 29.6 Å². The molecule has 0 saturated carbocycles. The van der Waals surface area contributed by atoms with Gasteiger partial charge in [0.15, 0.2) is 0 Å². The molecule has 1 aliphatic rings. The molecule has 0 spiro atoms. The fraction of sp³-hybridized carbons (Fsp3) is 0.226. The van der Waals surface area contributed by atoms with Gasteiger partial charge in [-0.3, -0.25) is 4.79 Å². The first kappa shape index (κ1) is 34.5. The SMILES string of the molecule is NC[C@@H]1CCCN(c2c(NC(=O)c3csc(-c4ccnnc4)n3)ccc(Oc3ccccc3)c2C(F)(F)F)C1.O=C(O)/C=C/C(=O)O. The molecule has 1 atom stereocenters. The summed E-state index contributed by atoms with van der Waals surface area (Å²) in [5.41, 5.74) is 5.56. The lowest BCUT2D eigenvalue weighted by molar-refractivity contribution is -0.138. The molecule has 47 heavy (non-hydrogen) atoms. The highest BCUT2D eigenvalue weighted by atomic mass is 32.1. The number of hydrogen-bond donors (Lipinski definition) is 4. The number of carboxylic acid groups (broad SMARTS) is 2. The predicted molar refractivity (Wildman–Crippen MR) is 167 cm³/mol. The van der Waals surface area contributed by atoms with Gasteiger partial charge >= 0.3 is 18.1 Å². The summed E-state index contributed by atoms with van der Waals surface area (Å²) in [7, 11) is 0. The zero-order chi connectivity index (χ0) is 34.0. The quantitative estimate of drug-likeness (QED) is 0.164. The Kier molecular flexibility index (Phi) is 11.6. The number of hydrogen-bond acceptors (Lipinski definition) is 10. The van der Waals surface area contributed by atoms with Crippen LogP contribution in [0.1, 0.15) is 28.9 Å². The summed E-state index contributed by atoms with van der Waals surface area (Å²) < 4.78 is 49.8. The number of para-hydroxylation sites is 1. The Morgan fingerprint density at radius 2 is 1.79 bits per heavy atom. The number of benzene rings is 2. The summed E-state index contributed by atoms with van der Waals surface area (Å²) in [6.45, 7) is 1.06. The monoisotopic (exact) mass is 670 g/mol. The Labute approximate surface area is 270 Å². The smallest absolute Gasteiger partial charge is 0.422 e. The van der Waals surface area contributed by atoms with Crippen molar-refractivity contribution in [2.24, 2.45) is 11.7 Å². The number of carboxylic acids is 2. The van der Waals surface area contributed by atoms with Crippen molar-refractivity contribution in [3.8, 4) is 22.1 Å². The molecule has 0 aliphatic carbocycles. The first-order chi connectivity index (χ1) is 22.5. The lowest BCUT2D eigenvalue weighted by Gasteiger charge is -2.37. The standard InChI is InChI=1S/C27H25F3N6O2S.C4H4O4/c28-27(29,30)23-22(38-19-6-2-1-3-7-19)9-8-20(24(23)36-12-4-5-17(13-31)15-36)34-25(37)21-16-39-26(35-21)18-10-11-32-33-14-18;5-3(6)1-2-4(7)8/h1-3,6-11,14,16-17H,4-5,12-13,15,31H2,(H,34,37);1-2H,(H,5,6)(H,7,8)/b;2-1+/t17-;/m0./s1. The van der Waals surface area contributed by atoms with Crippen LogP contribution in [0.2, 0.25) is 0 Å². The third-order valence-electron chi connectivity index (χ3n) is 6.75. The largest absolute Gasteiger partial charge is 0.478 e. The van der Waals surface area contributed by atoms with Crippen LogP contribution in [-0.4, -0.2) is 62.9 Å². The van der Waals surface area contributed by atoms with Crippen LogP contribution in [-0.2, 0) is 15.8 Å². The minimum atomic E-state index is -4.77. The van der Waals surface area contributed by atoms with Gasteiger partial charge in [-0.2, -0.15) is 23.4 Å². The van der Waals surface area contributed by atoms with Crippen LogP contribution in [0.5, 0.6) is 11.5 Å². The highest BCUT2D eigenvalue weighted by Crippen LogP contribution is 2.48. The van der Waals surface area contributed by atoms with E-state index in [4.69, 9.17) is 20.7 Å². The predicted octanol–water partition coefficient (Wildman–Crippen LogP) is 5.55. The van der Waals surface area contributed by atoms with Crippen molar-refractivity contribution >= 4 is 40.6 Å². The molecule has 1 fully saturated rings. The number of piperidine rings is 1. The van der Waals surface area contributed by atoms with Gasteiger partial charge in [0.25, 0.3) is 5.91 Å². The van der Waals surface area contributed by atoms with Gasteiger partial charge in [0.1, 0.15) is 27.8 Å². The van der Waals surface area contributed by atoms with Crippen molar-refractivity contribution < 1.29 is 42.5 Å². The normalized spacial score (nSPS) is 14.6. The summed E-state index contributed by atoms with van der Waals surface area (Å²) in [6, 6.07) is 12.6. The number of carbonyl (C=O) groups is 3. The number of anilines is 2. The average Bonchev–Trinajstić information content (AvgIpc) is 3.56. The van der Waals surface area contributed by atoms with Gasteiger partial charge in [-0.1, -0.05) is 18.2 Å². The molecule has 1 aliphatic heterocycles. The third-order valence-corrected chi connectivity index (χ3v) is 7.64. The van der Waals surface area contributed by atoms with Crippen LogP contribution < -0.4 is 20.7 Å². The van der Waals surface area contributed by atoms with E-state index in [9.17, 15) is 27.6 Å². The second-order valence-corrected chi connectivity index (χ2v) is 10.9. The number of carbonyl (C=O) groups excluding carboxylic acids is 1. The molecular weight excluding hydrogens is 641 g/mol. The Hall–Kier alpha value is -5.35. The molecule has 1 saturated heterocycles. The van der Waals surface area contributed by atoms with Crippen molar-refractivity contribution in [3.63, 3.8) is 0 Å². The van der Waals surface area contributed by atoms with Crippen LogP contribution in [0.25, 0.3) is 10.6 Å². The molecule has 4 aromatic rings. The summed E-state index contributed by atoms with van der Waals surface area (Å²) in [5.74, 6) is -3.20. The maximum atomic E-state index is 14.7. The third kappa shape index (κ3) is 9.57. The van der Waals surface area contributed by atoms with Gasteiger partial charge in [0.2, 0.25) is 0 Å². The molecule has 0 unspecified atom stereocenters. The molecule has 246 valence electrons. The van der Waals surface area contributed by atoms with Crippen LogP contribution >= 0.6 is 11.3 Å². The van der Waals surface area contributed by atoms with Crippen LogP contribution in [0.3, 0.4) is 0 Å². The minimum Gasteiger partial charge on any atom is -0.478 e. The fourth-order valence-corrected chi connectivity index (χ4v) is 5.48. The van der Waals surface area contributed by atoms with Gasteiger partial charge in [0, 0.05) is 36.2 Å². The number of amides is 1. The van der Waals surface area contributed by atoms with Crippen LogP contribution in [0.15, 0.2) is 78.5 Å². The second-order valence-electron chi connectivity index (χ2n) is 10.1. The summed E-state index contributed by atoms with van der Waals surface area (Å²) in [6.07, 6.45) is 0.869. The number of alkyl halides is 3. The molecule has 2 aromatic carbocycles. The molecule has 0 radical (unpaired) electrons. The zero-order valence-corrected chi connectivity index (χ0v) is 25.4. The molecule has 5 rings (SSSR count). The summed E-state index contributed by atoms with van der Waals surface area (Å²) >= 11 is 1.22. The number of halogens is 3. The average molecular weight is 671 g/mol. The molecule has 1 amide bonds. The minimum absolute atomic E-state index is 0.0190. The number of nitrogens with one attached hydrogen (secondary N) is 1. The zero-order valence-electron chi connectivity index (χ0n) is 24.6. The van der Waals surface area contributed by atoms with Crippen molar-refractivity contribution in [1.82, 2.24) is 15.2 Å². The highest BCUT2D eigenvalue weighted by molar-refractivity contribution is 7.13. The number of thiazole rings is 1. The number of rotatable bonds is 9. The van der Waals surface area contributed by atoms with Gasteiger partial charge in [-0.05, 0) is 55.6 Å². The van der Waals surface area contributed by atoms with E-state index in [1.165, 1.54) is 35.9 Å². The number of nitrogens with two attached hydrogens (primary N) is 1.